The van der Waals surface area contributed by atoms with Crippen LogP contribution in [-0.2, 0) is 0 Å². The number of rotatable bonds is 3. The van der Waals surface area contributed by atoms with Crippen LogP contribution >= 0.6 is 0 Å². The van der Waals surface area contributed by atoms with Crippen LogP contribution in [0.25, 0.3) is 0 Å². The summed E-state index contributed by atoms with van der Waals surface area (Å²) < 4.78 is 5.23. The van der Waals surface area contributed by atoms with Crippen LogP contribution in [0.4, 0.5) is 11.5 Å². The molecule has 2 aliphatic rings. The van der Waals surface area contributed by atoms with Gasteiger partial charge in [0.05, 0.1) is 12.8 Å². The molecule has 0 spiro atoms. The van der Waals surface area contributed by atoms with Gasteiger partial charge in [-0.05, 0) is 32.0 Å². The molecule has 0 aliphatic carbocycles. The molecule has 2 saturated heterocycles. The molecular weight excluding hydrogens is 278 g/mol. The Morgan fingerprint density at radius 1 is 1.09 bits per heavy atom. The van der Waals surface area contributed by atoms with Crippen LogP contribution in [0, 0.1) is 0 Å². The average Bonchev–Trinajstić information content (AvgIpc) is 2.56. The summed E-state index contributed by atoms with van der Waals surface area (Å²) in [5, 5.41) is 0. The van der Waals surface area contributed by atoms with Crippen molar-refractivity contribution < 1.29 is 4.74 Å². The summed E-state index contributed by atoms with van der Waals surface area (Å²) in [7, 11) is 3.82. The highest BCUT2D eigenvalue weighted by molar-refractivity contribution is 5.54. The van der Waals surface area contributed by atoms with Crippen molar-refractivity contribution >= 4 is 11.5 Å². The Morgan fingerprint density at radius 2 is 1.77 bits per heavy atom. The number of nitrogens with zero attached hydrogens (tertiary/aromatic N) is 4. The van der Waals surface area contributed by atoms with E-state index in [0.29, 0.717) is 11.6 Å². The molecule has 6 nitrogen and oxygen atoms in total. The highest BCUT2D eigenvalue weighted by atomic mass is 16.5. The Kier molecular flexibility index (Phi) is 4.69. The summed E-state index contributed by atoms with van der Waals surface area (Å²) in [5.74, 6) is 1.50. The topological polar surface area (TPSA) is 57.9 Å². The number of nitrogens with two attached hydrogens (primary N) is 1. The van der Waals surface area contributed by atoms with Crippen molar-refractivity contribution in [1.29, 1.82) is 0 Å². The highest BCUT2D eigenvalue weighted by Gasteiger charge is 2.27. The molecule has 0 bridgehead atoms. The number of nitrogen functional groups attached to an aromatic ring is 1. The van der Waals surface area contributed by atoms with Crippen molar-refractivity contribution in [3.8, 4) is 5.88 Å². The minimum atomic E-state index is 0.527. The second-order valence-corrected chi connectivity index (χ2v) is 6.33. The van der Waals surface area contributed by atoms with E-state index in [2.05, 4.69) is 26.7 Å². The van der Waals surface area contributed by atoms with Crippen LogP contribution in [0.1, 0.15) is 12.8 Å². The second kappa shape index (κ2) is 6.71. The van der Waals surface area contributed by atoms with E-state index in [-0.39, 0.29) is 0 Å². The van der Waals surface area contributed by atoms with E-state index in [1.54, 1.807) is 7.11 Å². The summed E-state index contributed by atoms with van der Waals surface area (Å²) in [4.78, 5) is 11.9. The smallest absolute Gasteiger partial charge is 0.238 e. The number of hydrogen-bond donors (Lipinski definition) is 1. The van der Waals surface area contributed by atoms with Gasteiger partial charge in [-0.15, -0.1) is 0 Å². The molecular formula is C16H27N5O. The van der Waals surface area contributed by atoms with Gasteiger partial charge in [0.25, 0.3) is 0 Å². The molecule has 1 aromatic rings. The first kappa shape index (κ1) is 15.4. The van der Waals surface area contributed by atoms with Gasteiger partial charge < -0.3 is 20.3 Å². The Bertz CT molecular complexity index is 493. The van der Waals surface area contributed by atoms with Crippen LogP contribution in [0.2, 0.25) is 0 Å². The maximum atomic E-state index is 5.84. The zero-order chi connectivity index (χ0) is 15.5. The van der Waals surface area contributed by atoms with Crippen LogP contribution < -0.4 is 15.4 Å². The molecule has 0 saturated carbocycles. The molecule has 22 heavy (non-hydrogen) atoms. The molecule has 2 N–H and O–H groups in total. The van der Waals surface area contributed by atoms with Crippen molar-refractivity contribution in [1.82, 2.24) is 14.8 Å². The van der Waals surface area contributed by atoms with Gasteiger partial charge in [-0.3, -0.25) is 4.90 Å². The SMILES string of the molecule is COc1nc(N2CCC(N3CCN(C)CC3)CC2)ccc1N. The number of methoxy groups -OCH3 is 1. The van der Waals surface area contributed by atoms with Gasteiger partial charge >= 0.3 is 0 Å². The van der Waals surface area contributed by atoms with Gasteiger partial charge in [0.2, 0.25) is 5.88 Å². The minimum Gasteiger partial charge on any atom is -0.479 e. The van der Waals surface area contributed by atoms with E-state index >= 15 is 0 Å². The Morgan fingerprint density at radius 3 is 2.41 bits per heavy atom. The zero-order valence-electron chi connectivity index (χ0n) is 13.7. The quantitative estimate of drug-likeness (QED) is 0.895. The molecule has 2 fully saturated rings. The largest absolute Gasteiger partial charge is 0.479 e. The molecule has 2 aliphatic heterocycles. The molecule has 0 atom stereocenters. The maximum absolute atomic E-state index is 5.84. The molecule has 0 unspecified atom stereocenters. The van der Waals surface area contributed by atoms with Crippen LogP contribution in [-0.4, -0.2) is 74.3 Å². The van der Waals surface area contributed by atoms with E-state index in [1.165, 1.54) is 39.0 Å². The fourth-order valence-corrected chi connectivity index (χ4v) is 3.43. The molecule has 1 aromatic heterocycles. The molecule has 122 valence electrons. The van der Waals surface area contributed by atoms with Crippen molar-refractivity contribution in [3.63, 3.8) is 0 Å². The number of piperazine rings is 1. The van der Waals surface area contributed by atoms with E-state index in [4.69, 9.17) is 10.5 Å². The number of anilines is 2. The molecule has 0 radical (unpaired) electrons. The zero-order valence-corrected chi connectivity index (χ0v) is 13.7. The lowest BCUT2D eigenvalue weighted by atomic mass is 10.0. The van der Waals surface area contributed by atoms with Gasteiger partial charge in [-0.1, -0.05) is 0 Å². The monoisotopic (exact) mass is 305 g/mol. The first-order valence-corrected chi connectivity index (χ1v) is 8.15. The van der Waals surface area contributed by atoms with E-state index in [9.17, 15) is 0 Å². The van der Waals surface area contributed by atoms with Crippen LogP contribution in [0.15, 0.2) is 12.1 Å². The van der Waals surface area contributed by atoms with Crippen molar-refractivity contribution in [2.45, 2.75) is 18.9 Å². The number of hydrogen-bond acceptors (Lipinski definition) is 6. The fraction of sp³-hybridized carbons (Fsp3) is 0.688. The van der Waals surface area contributed by atoms with Gasteiger partial charge in [0.1, 0.15) is 5.82 Å². The van der Waals surface area contributed by atoms with Gasteiger partial charge in [-0.2, -0.15) is 4.98 Å². The van der Waals surface area contributed by atoms with E-state index in [0.717, 1.165) is 24.9 Å². The van der Waals surface area contributed by atoms with Gasteiger partial charge in [-0.25, -0.2) is 0 Å². The number of piperidine rings is 1. The lowest BCUT2D eigenvalue weighted by molar-refractivity contribution is 0.0981. The minimum absolute atomic E-state index is 0.527. The average molecular weight is 305 g/mol. The maximum Gasteiger partial charge on any atom is 0.238 e. The lowest BCUT2D eigenvalue weighted by Gasteiger charge is -2.42. The van der Waals surface area contributed by atoms with Crippen molar-refractivity contribution in [2.24, 2.45) is 0 Å². The third-order valence-electron chi connectivity index (χ3n) is 4.91. The molecule has 3 rings (SSSR count). The summed E-state index contributed by atoms with van der Waals surface area (Å²) in [6, 6.07) is 4.60. The first-order chi connectivity index (χ1) is 10.7. The van der Waals surface area contributed by atoms with Gasteiger partial charge in [0.15, 0.2) is 0 Å². The molecule has 3 heterocycles. The van der Waals surface area contributed by atoms with E-state index < -0.39 is 0 Å². The molecule has 0 amide bonds. The van der Waals surface area contributed by atoms with E-state index in [1.807, 2.05) is 12.1 Å². The Balaban J connectivity index is 1.57. The Labute approximate surface area is 132 Å². The predicted octanol–water partition coefficient (Wildman–Crippen LogP) is 0.889. The molecule has 6 heteroatoms. The first-order valence-electron chi connectivity index (χ1n) is 8.15. The second-order valence-electron chi connectivity index (χ2n) is 6.33. The normalized spacial score (nSPS) is 22.0. The summed E-state index contributed by atoms with van der Waals surface area (Å²) >= 11 is 0. The fourth-order valence-electron chi connectivity index (χ4n) is 3.43. The van der Waals surface area contributed by atoms with Crippen molar-refractivity contribution in [3.05, 3.63) is 12.1 Å². The van der Waals surface area contributed by atoms with Crippen LogP contribution in [0.3, 0.4) is 0 Å². The summed E-state index contributed by atoms with van der Waals surface area (Å²) in [6.07, 6.45) is 2.41. The summed E-state index contributed by atoms with van der Waals surface area (Å²) in [5.41, 5.74) is 6.44. The number of ether oxygens (including phenoxy) is 1. The number of aromatic nitrogens is 1. The lowest BCUT2D eigenvalue weighted by Crippen LogP contribution is -2.52. The Hall–Kier alpha value is -1.53. The van der Waals surface area contributed by atoms with Crippen LogP contribution in [0.5, 0.6) is 5.88 Å². The number of pyridine rings is 1. The third kappa shape index (κ3) is 3.28. The predicted molar refractivity (Wildman–Crippen MR) is 89.5 cm³/mol. The van der Waals surface area contributed by atoms with Crippen molar-refractivity contribution in [2.75, 3.05) is 64.1 Å². The standard InChI is InChI=1S/C16H27N5O/c1-19-9-11-20(12-10-19)13-5-7-21(8-6-13)15-4-3-14(17)16(18-15)22-2/h3-4,13H,5-12,17H2,1-2H3. The summed E-state index contributed by atoms with van der Waals surface area (Å²) in [6.45, 7) is 6.90. The third-order valence-corrected chi connectivity index (χ3v) is 4.91. The number of likely N-dealkylation sites (N-methyl/N-ethyl adjacent to an activating group) is 1. The molecule has 0 aromatic carbocycles. The highest BCUT2D eigenvalue weighted by Crippen LogP contribution is 2.26. The van der Waals surface area contributed by atoms with Gasteiger partial charge in [0, 0.05) is 45.3 Å².